The predicted octanol–water partition coefficient (Wildman–Crippen LogP) is 1.09. The van der Waals surface area contributed by atoms with Gasteiger partial charge in [-0.3, -0.25) is 0 Å². The van der Waals surface area contributed by atoms with Gasteiger partial charge in [-0.15, -0.1) is 12.4 Å². The smallest absolute Gasteiger partial charge is 0.339 e. The summed E-state index contributed by atoms with van der Waals surface area (Å²) in [7, 11) is -1.71. The first-order chi connectivity index (χ1) is 11.8. The Bertz CT molecular complexity index is 768. The molecule has 10 heteroatoms. The summed E-state index contributed by atoms with van der Waals surface area (Å²) < 4.78 is 37.5. The maximum atomic E-state index is 12.8. The van der Waals surface area contributed by atoms with Crippen molar-refractivity contribution in [2.24, 2.45) is 11.7 Å². The molecule has 1 aromatic rings. The lowest BCUT2D eigenvalue weighted by Crippen LogP contribution is -2.40. The summed E-state index contributed by atoms with van der Waals surface area (Å²) in [5.74, 6) is -1.47. The molecule has 0 radical (unpaired) electrons. The van der Waals surface area contributed by atoms with Gasteiger partial charge in [0.25, 0.3) is 0 Å². The Morgan fingerprint density at radius 3 is 2.42 bits per heavy atom. The third kappa shape index (κ3) is 4.73. The number of methoxy groups -OCH3 is 2. The highest BCUT2D eigenvalue weighted by molar-refractivity contribution is 7.89. The second-order valence-electron chi connectivity index (χ2n) is 5.85. The van der Waals surface area contributed by atoms with Crippen LogP contribution in [-0.4, -0.2) is 47.2 Å². The lowest BCUT2D eigenvalue weighted by molar-refractivity contribution is 0.0583. The number of carbonyl (C=O) groups excluding carboxylic acids is 2. The predicted molar refractivity (Wildman–Crippen MR) is 96.9 cm³/mol. The van der Waals surface area contributed by atoms with Crippen molar-refractivity contribution in [3.05, 3.63) is 29.3 Å². The second-order valence-corrected chi connectivity index (χ2v) is 7.53. The van der Waals surface area contributed by atoms with Crippen molar-refractivity contribution in [3.63, 3.8) is 0 Å². The molecule has 1 aromatic carbocycles. The first-order valence-corrected chi connectivity index (χ1v) is 9.35. The van der Waals surface area contributed by atoms with Crippen molar-refractivity contribution in [2.75, 3.05) is 20.8 Å². The van der Waals surface area contributed by atoms with Gasteiger partial charge in [0.2, 0.25) is 10.0 Å². The van der Waals surface area contributed by atoms with Gasteiger partial charge in [0.15, 0.2) is 0 Å². The average Bonchev–Trinajstić information content (AvgIpc) is 3.06. The fraction of sp³-hybridized carbons (Fsp3) is 0.500. The Balaban J connectivity index is 0.00000338. The van der Waals surface area contributed by atoms with Crippen molar-refractivity contribution in [2.45, 2.75) is 30.2 Å². The third-order valence-electron chi connectivity index (χ3n) is 4.37. The van der Waals surface area contributed by atoms with Gasteiger partial charge in [0, 0.05) is 6.04 Å². The molecule has 0 bridgehead atoms. The van der Waals surface area contributed by atoms with E-state index in [1.54, 1.807) is 0 Å². The van der Waals surface area contributed by atoms with Crippen LogP contribution in [0.15, 0.2) is 23.1 Å². The van der Waals surface area contributed by atoms with Crippen LogP contribution in [0, 0.1) is 5.92 Å². The number of esters is 2. The van der Waals surface area contributed by atoms with Crippen molar-refractivity contribution in [1.82, 2.24) is 4.72 Å². The van der Waals surface area contributed by atoms with Crippen molar-refractivity contribution >= 4 is 34.4 Å². The molecular formula is C16H23ClN2O6S. The summed E-state index contributed by atoms with van der Waals surface area (Å²) in [6.07, 6.45) is 2.39. The normalized spacial score (nSPS) is 19.5. The highest BCUT2D eigenvalue weighted by Gasteiger charge is 2.32. The molecule has 1 aliphatic rings. The summed E-state index contributed by atoms with van der Waals surface area (Å²) in [5.41, 5.74) is 5.57. The standard InChI is InChI=1S/C16H22N2O6S.ClH/c1-23-15(19)10-6-7-12(16(20)24-2)14(8-10)25(21,22)18-13-5-3-4-11(13)9-17;/h6-8,11,13,18H,3-5,9,17H2,1-2H3;1H. The maximum Gasteiger partial charge on any atom is 0.339 e. The molecule has 0 spiro atoms. The van der Waals surface area contributed by atoms with Crippen LogP contribution in [0.4, 0.5) is 0 Å². The minimum absolute atomic E-state index is 0. The van der Waals surface area contributed by atoms with E-state index in [1.807, 2.05) is 0 Å². The van der Waals surface area contributed by atoms with Crippen LogP contribution in [-0.2, 0) is 19.5 Å². The van der Waals surface area contributed by atoms with Gasteiger partial charge in [-0.05, 0) is 43.5 Å². The van der Waals surface area contributed by atoms with Crippen LogP contribution in [0.5, 0.6) is 0 Å². The molecule has 0 aliphatic heterocycles. The van der Waals surface area contributed by atoms with E-state index in [-0.39, 0.29) is 40.4 Å². The first kappa shape index (κ1) is 22.4. The van der Waals surface area contributed by atoms with Crippen LogP contribution >= 0.6 is 12.4 Å². The van der Waals surface area contributed by atoms with Gasteiger partial charge in [0.1, 0.15) is 0 Å². The fourth-order valence-corrected chi connectivity index (χ4v) is 4.56. The Morgan fingerprint density at radius 1 is 1.19 bits per heavy atom. The molecular weight excluding hydrogens is 384 g/mol. The lowest BCUT2D eigenvalue weighted by Gasteiger charge is -2.20. The number of ether oxygens (including phenoxy) is 2. The number of benzene rings is 1. The fourth-order valence-electron chi connectivity index (χ4n) is 3.00. The number of nitrogens with two attached hydrogens (primary N) is 1. The monoisotopic (exact) mass is 406 g/mol. The van der Waals surface area contributed by atoms with Crippen LogP contribution < -0.4 is 10.5 Å². The molecule has 1 aliphatic carbocycles. The summed E-state index contributed by atoms with van der Waals surface area (Å²) >= 11 is 0. The summed E-state index contributed by atoms with van der Waals surface area (Å²) in [4.78, 5) is 23.3. The molecule has 3 N–H and O–H groups in total. The third-order valence-corrected chi connectivity index (χ3v) is 5.90. The van der Waals surface area contributed by atoms with Gasteiger partial charge in [-0.1, -0.05) is 6.42 Å². The van der Waals surface area contributed by atoms with Gasteiger partial charge < -0.3 is 15.2 Å². The number of hydrogen-bond acceptors (Lipinski definition) is 7. The topological polar surface area (TPSA) is 125 Å². The van der Waals surface area contributed by atoms with Crippen molar-refractivity contribution in [3.8, 4) is 0 Å². The molecule has 1 fully saturated rings. The molecule has 1 saturated carbocycles. The van der Waals surface area contributed by atoms with E-state index in [0.717, 1.165) is 26.0 Å². The Hall–Kier alpha value is -1.68. The summed E-state index contributed by atoms with van der Waals surface area (Å²) in [6, 6.07) is 3.37. The number of hydrogen-bond donors (Lipinski definition) is 2. The minimum atomic E-state index is -4.05. The number of rotatable bonds is 6. The van der Waals surface area contributed by atoms with E-state index in [1.165, 1.54) is 19.2 Å². The molecule has 0 saturated heterocycles. The second kappa shape index (κ2) is 9.31. The summed E-state index contributed by atoms with van der Waals surface area (Å²) in [5, 5.41) is 0. The number of carbonyl (C=O) groups is 2. The average molecular weight is 407 g/mol. The van der Waals surface area contributed by atoms with Gasteiger partial charge in [-0.2, -0.15) is 0 Å². The van der Waals surface area contributed by atoms with Crippen LogP contribution in [0.3, 0.4) is 0 Å². The largest absolute Gasteiger partial charge is 0.465 e. The zero-order valence-corrected chi connectivity index (χ0v) is 16.2. The first-order valence-electron chi connectivity index (χ1n) is 7.87. The molecule has 8 nitrogen and oxygen atoms in total. The summed E-state index contributed by atoms with van der Waals surface area (Å²) in [6.45, 7) is 0.374. The van der Waals surface area contributed by atoms with E-state index in [2.05, 4.69) is 14.2 Å². The van der Waals surface area contributed by atoms with E-state index in [4.69, 9.17) is 5.73 Å². The zero-order chi connectivity index (χ0) is 18.6. The molecule has 2 atom stereocenters. The lowest BCUT2D eigenvalue weighted by atomic mass is 10.1. The van der Waals surface area contributed by atoms with Crippen LogP contribution in [0.1, 0.15) is 40.0 Å². The molecule has 0 amide bonds. The van der Waals surface area contributed by atoms with Crippen LogP contribution in [0.2, 0.25) is 0 Å². The van der Waals surface area contributed by atoms with Crippen molar-refractivity contribution < 1.29 is 27.5 Å². The van der Waals surface area contributed by atoms with Gasteiger partial charge >= 0.3 is 11.9 Å². The molecule has 0 heterocycles. The van der Waals surface area contributed by atoms with E-state index < -0.39 is 22.0 Å². The van der Waals surface area contributed by atoms with Gasteiger partial charge in [0.05, 0.1) is 30.2 Å². The molecule has 26 heavy (non-hydrogen) atoms. The highest BCUT2D eigenvalue weighted by atomic mass is 35.5. The van der Waals surface area contributed by atoms with E-state index in [0.29, 0.717) is 13.0 Å². The SMILES string of the molecule is COC(=O)c1ccc(C(=O)OC)c(S(=O)(=O)NC2CCCC2CN)c1.Cl. The number of halogens is 1. The Kier molecular flexibility index (Phi) is 8.01. The van der Waals surface area contributed by atoms with E-state index in [9.17, 15) is 18.0 Å². The molecule has 2 rings (SSSR count). The highest BCUT2D eigenvalue weighted by Crippen LogP contribution is 2.27. The minimum Gasteiger partial charge on any atom is -0.465 e. The molecule has 146 valence electrons. The maximum absolute atomic E-state index is 12.8. The number of nitrogens with one attached hydrogen (secondary N) is 1. The molecule has 2 unspecified atom stereocenters. The zero-order valence-electron chi connectivity index (χ0n) is 14.6. The van der Waals surface area contributed by atoms with Crippen molar-refractivity contribution in [1.29, 1.82) is 0 Å². The van der Waals surface area contributed by atoms with Gasteiger partial charge in [-0.25, -0.2) is 22.7 Å². The number of sulfonamides is 1. The van der Waals surface area contributed by atoms with Crippen LogP contribution in [0.25, 0.3) is 0 Å². The Morgan fingerprint density at radius 2 is 1.85 bits per heavy atom. The quantitative estimate of drug-likeness (QED) is 0.677. The Labute approximate surface area is 158 Å². The van der Waals surface area contributed by atoms with E-state index >= 15 is 0 Å². The molecule has 0 aromatic heterocycles.